The van der Waals surface area contributed by atoms with Crippen molar-refractivity contribution >= 4 is 23.5 Å². The van der Waals surface area contributed by atoms with Crippen LogP contribution in [-0.4, -0.2) is 29.4 Å². The molecule has 146 valence electrons. The molecule has 7 heteroatoms. The topological polar surface area (TPSA) is 95.5 Å². The first-order chi connectivity index (χ1) is 13.3. The molecule has 2 amide bonds. The number of carboxylic acid groups (broad SMARTS) is 1. The molecule has 0 spiro atoms. The number of amides is 2. The quantitative estimate of drug-likeness (QED) is 0.684. The molecule has 0 aliphatic heterocycles. The Bertz CT molecular complexity index is 880. The Hall–Kier alpha value is -3.22. The Morgan fingerprint density at radius 2 is 1.71 bits per heavy atom. The average molecular weight is 384 g/mol. The Morgan fingerprint density at radius 1 is 1.11 bits per heavy atom. The number of anilines is 1. The molecule has 0 bridgehead atoms. The summed E-state index contributed by atoms with van der Waals surface area (Å²) in [7, 11) is 0. The van der Waals surface area contributed by atoms with E-state index in [0.717, 1.165) is 6.42 Å². The van der Waals surface area contributed by atoms with Gasteiger partial charge in [-0.05, 0) is 54.3 Å². The summed E-state index contributed by atoms with van der Waals surface area (Å²) in [5, 5.41) is 14.8. The molecule has 6 nitrogen and oxygen atoms in total. The van der Waals surface area contributed by atoms with E-state index in [4.69, 9.17) is 0 Å². The van der Waals surface area contributed by atoms with Gasteiger partial charge in [-0.3, -0.25) is 14.4 Å². The molecule has 3 unspecified atom stereocenters. The maximum absolute atomic E-state index is 13.0. The second kappa shape index (κ2) is 8.21. The summed E-state index contributed by atoms with van der Waals surface area (Å²) in [5.74, 6) is -2.53. The standard InChI is InChI=1S/C21H21FN2O4/c1-12-10-17(12)20(26)24-16-8-4-14(5-9-16)19(25)23-11-18(21(27)28)13-2-6-15(22)7-3-13/h2-9,12,17-18H,10-11H2,1H3,(H,23,25)(H,24,26)(H,27,28). The monoisotopic (exact) mass is 384 g/mol. The molecule has 3 rings (SSSR count). The van der Waals surface area contributed by atoms with Gasteiger partial charge in [0, 0.05) is 23.7 Å². The van der Waals surface area contributed by atoms with Crippen LogP contribution in [0.15, 0.2) is 48.5 Å². The summed E-state index contributed by atoms with van der Waals surface area (Å²) in [5.41, 5.74) is 1.36. The number of halogens is 1. The average Bonchev–Trinajstić information content (AvgIpc) is 3.40. The van der Waals surface area contributed by atoms with Crippen LogP contribution in [0.5, 0.6) is 0 Å². The lowest BCUT2D eigenvalue weighted by atomic mass is 9.99. The molecule has 2 aromatic rings. The molecule has 1 aliphatic rings. The van der Waals surface area contributed by atoms with Crippen molar-refractivity contribution in [1.29, 1.82) is 0 Å². The van der Waals surface area contributed by atoms with Gasteiger partial charge in [0.2, 0.25) is 5.91 Å². The summed E-state index contributed by atoms with van der Waals surface area (Å²) in [4.78, 5) is 35.7. The summed E-state index contributed by atoms with van der Waals surface area (Å²) in [6.45, 7) is 1.89. The molecule has 0 radical (unpaired) electrons. The Morgan fingerprint density at radius 3 is 2.25 bits per heavy atom. The fourth-order valence-electron chi connectivity index (χ4n) is 2.97. The van der Waals surface area contributed by atoms with E-state index in [9.17, 15) is 23.9 Å². The molecule has 3 atom stereocenters. The molecule has 1 aliphatic carbocycles. The molecule has 3 N–H and O–H groups in total. The van der Waals surface area contributed by atoms with Crippen molar-refractivity contribution in [3.05, 3.63) is 65.5 Å². The van der Waals surface area contributed by atoms with Gasteiger partial charge in [0.25, 0.3) is 5.91 Å². The third-order valence-electron chi connectivity index (χ3n) is 4.90. The van der Waals surface area contributed by atoms with Crippen LogP contribution in [0.4, 0.5) is 10.1 Å². The summed E-state index contributed by atoms with van der Waals surface area (Å²) in [6, 6.07) is 11.5. The minimum absolute atomic E-state index is 0.0201. The van der Waals surface area contributed by atoms with Crippen LogP contribution in [0.25, 0.3) is 0 Å². The fraction of sp³-hybridized carbons (Fsp3) is 0.286. The first kappa shape index (κ1) is 19.5. The number of carboxylic acids is 1. The van der Waals surface area contributed by atoms with Crippen LogP contribution >= 0.6 is 0 Å². The predicted octanol–water partition coefficient (Wildman–Crippen LogP) is 3.02. The van der Waals surface area contributed by atoms with Crippen LogP contribution < -0.4 is 10.6 Å². The number of hydrogen-bond acceptors (Lipinski definition) is 3. The van der Waals surface area contributed by atoms with Crippen molar-refractivity contribution in [1.82, 2.24) is 5.32 Å². The highest BCUT2D eigenvalue weighted by Crippen LogP contribution is 2.38. The highest BCUT2D eigenvalue weighted by Gasteiger charge is 2.39. The molecule has 0 aromatic heterocycles. The van der Waals surface area contributed by atoms with Gasteiger partial charge in [-0.15, -0.1) is 0 Å². The summed E-state index contributed by atoms with van der Waals surface area (Å²) in [6.07, 6.45) is 0.894. The van der Waals surface area contributed by atoms with Crippen LogP contribution in [0.2, 0.25) is 0 Å². The third kappa shape index (κ3) is 4.73. The van der Waals surface area contributed by atoms with Gasteiger partial charge in [-0.1, -0.05) is 19.1 Å². The molecular weight excluding hydrogens is 363 g/mol. The van der Waals surface area contributed by atoms with Gasteiger partial charge in [0.05, 0.1) is 5.92 Å². The third-order valence-corrected chi connectivity index (χ3v) is 4.90. The maximum atomic E-state index is 13.0. The van der Waals surface area contributed by atoms with Crippen LogP contribution in [0.3, 0.4) is 0 Å². The summed E-state index contributed by atoms with van der Waals surface area (Å²) >= 11 is 0. The van der Waals surface area contributed by atoms with Crippen molar-refractivity contribution in [3.8, 4) is 0 Å². The normalized spacial score (nSPS) is 18.8. The van der Waals surface area contributed by atoms with E-state index < -0.39 is 23.6 Å². The lowest BCUT2D eigenvalue weighted by Gasteiger charge is -2.14. The second-order valence-corrected chi connectivity index (χ2v) is 7.04. The molecule has 2 aromatic carbocycles. The van der Waals surface area contributed by atoms with E-state index in [-0.39, 0.29) is 18.4 Å². The number of carbonyl (C=O) groups excluding carboxylic acids is 2. The first-order valence-electron chi connectivity index (χ1n) is 9.02. The number of hydrogen-bond donors (Lipinski definition) is 3. The molecule has 0 heterocycles. The Balaban J connectivity index is 1.58. The largest absolute Gasteiger partial charge is 0.481 e. The molecule has 28 heavy (non-hydrogen) atoms. The van der Waals surface area contributed by atoms with E-state index in [0.29, 0.717) is 22.7 Å². The van der Waals surface area contributed by atoms with Gasteiger partial charge in [-0.25, -0.2) is 4.39 Å². The van der Waals surface area contributed by atoms with Gasteiger partial charge in [0.1, 0.15) is 5.82 Å². The van der Waals surface area contributed by atoms with E-state index in [1.807, 2.05) is 6.92 Å². The van der Waals surface area contributed by atoms with Crippen LogP contribution in [0.1, 0.15) is 35.2 Å². The van der Waals surface area contributed by atoms with Crippen LogP contribution in [-0.2, 0) is 9.59 Å². The Kier molecular flexibility index (Phi) is 5.73. The molecular formula is C21H21FN2O4. The second-order valence-electron chi connectivity index (χ2n) is 7.04. The number of carbonyl (C=O) groups is 3. The van der Waals surface area contributed by atoms with Crippen molar-refractivity contribution in [2.75, 3.05) is 11.9 Å². The van der Waals surface area contributed by atoms with Crippen molar-refractivity contribution in [3.63, 3.8) is 0 Å². The smallest absolute Gasteiger partial charge is 0.312 e. The van der Waals surface area contributed by atoms with Gasteiger partial charge >= 0.3 is 5.97 Å². The van der Waals surface area contributed by atoms with E-state index >= 15 is 0 Å². The van der Waals surface area contributed by atoms with Crippen LogP contribution in [0, 0.1) is 17.7 Å². The van der Waals surface area contributed by atoms with Crippen molar-refractivity contribution < 1.29 is 23.9 Å². The summed E-state index contributed by atoms with van der Waals surface area (Å²) < 4.78 is 13.0. The first-order valence-corrected chi connectivity index (χ1v) is 9.02. The molecule has 0 saturated heterocycles. The van der Waals surface area contributed by atoms with E-state index in [1.165, 1.54) is 24.3 Å². The molecule has 1 fully saturated rings. The Labute approximate surface area is 161 Å². The SMILES string of the molecule is CC1CC1C(=O)Nc1ccc(C(=O)NCC(C(=O)O)c2ccc(F)cc2)cc1. The highest BCUT2D eigenvalue weighted by molar-refractivity contribution is 5.97. The zero-order valence-electron chi connectivity index (χ0n) is 15.3. The number of benzene rings is 2. The zero-order valence-corrected chi connectivity index (χ0v) is 15.3. The fourth-order valence-corrected chi connectivity index (χ4v) is 2.97. The van der Waals surface area contributed by atoms with E-state index in [1.54, 1.807) is 24.3 Å². The zero-order chi connectivity index (χ0) is 20.3. The van der Waals surface area contributed by atoms with Crippen molar-refractivity contribution in [2.45, 2.75) is 19.3 Å². The molecule has 1 saturated carbocycles. The predicted molar refractivity (Wildman–Crippen MR) is 101 cm³/mol. The van der Waals surface area contributed by atoms with Gasteiger partial charge in [0.15, 0.2) is 0 Å². The lowest BCUT2D eigenvalue weighted by molar-refractivity contribution is -0.138. The number of aliphatic carboxylic acids is 1. The number of nitrogens with one attached hydrogen (secondary N) is 2. The maximum Gasteiger partial charge on any atom is 0.312 e. The van der Waals surface area contributed by atoms with E-state index in [2.05, 4.69) is 10.6 Å². The minimum atomic E-state index is -1.11. The van der Waals surface area contributed by atoms with Gasteiger partial charge in [-0.2, -0.15) is 0 Å². The number of rotatable bonds is 7. The minimum Gasteiger partial charge on any atom is -0.481 e. The van der Waals surface area contributed by atoms with Crippen molar-refractivity contribution in [2.24, 2.45) is 11.8 Å². The van der Waals surface area contributed by atoms with Gasteiger partial charge < -0.3 is 15.7 Å². The lowest BCUT2D eigenvalue weighted by Crippen LogP contribution is -2.31. The highest BCUT2D eigenvalue weighted by atomic mass is 19.1.